The van der Waals surface area contributed by atoms with Crippen LogP contribution in [0.15, 0.2) is 109 Å². The SMILES string of the molecule is Oc1ccc(CCOCCCCCC[P+](c2ccccc2)(c2ccccc2)c2ccccc2)cc1O. The molecule has 0 aliphatic heterocycles. The zero-order chi connectivity index (χ0) is 25.1. The monoisotopic (exact) mass is 499 g/mol. The van der Waals surface area contributed by atoms with Crippen LogP contribution in [0, 0.1) is 0 Å². The molecule has 0 saturated carbocycles. The summed E-state index contributed by atoms with van der Waals surface area (Å²) in [5.41, 5.74) is 0.966. The van der Waals surface area contributed by atoms with E-state index in [1.807, 2.05) is 6.07 Å². The van der Waals surface area contributed by atoms with E-state index >= 15 is 0 Å². The molecular weight excluding hydrogens is 463 g/mol. The van der Waals surface area contributed by atoms with E-state index in [4.69, 9.17) is 4.74 Å². The summed E-state index contributed by atoms with van der Waals surface area (Å²) < 4.78 is 5.83. The van der Waals surface area contributed by atoms with E-state index in [-0.39, 0.29) is 11.5 Å². The van der Waals surface area contributed by atoms with Crippen molar-refractivity contribution < 1.29 is 14.9 Å². The Hall–Kier alpha value is -3.13. The lowest BCUT2D eigenvalue weighted by molar-refractivity contribution is 0.133. The zero-order valence-electron chi connectivity index (χ0n) is 20.8. The normalized spacial score (nSPS) is 11.4. The Labute approximate surface area is 215 Å². The summed E-state index contributed by atoms with van der Waals surface area (Å²) in [6.07, 6.45) is 6.46. The summed E-state index contributed by atoms with van der Waals surface area (Å²) in [7, 11) is -1.73. The molecule has 4 aromatic rings. The predicted molar refractivity (Wildman–Crippen MR) is 153 cm³/mol. The quantitative estimate of drug-likeness (QED) is 0.131. The average Bonchev–Trinajstić information content (AvgIpc) is 2.93. The molecule has 186 valence electrons. The highest BCUT2D eigenvalue weighted by Gasteiger charge is 2.44. The molecule has 0 spiro atoms. The van der Waals surface area contributed by atoms with Gasteiger partial charge in [0.25, 0.3) is 0 Å². The van der Waals surface area contributed by atoms with Crippen LogP contribution in [0.25, 0.3) is 0 Å². The number of phenolic OH excluding ortho intramolecular Hbond substituents is 2. The lowest BCUT2D eigenvalue weighted by Crippen LogP contribution is -2.33. The van der Waals surface area contributed by atoms with E-state index in [9.17, 15) is 10.2 Å². The van der Waals surface area contributed by atoms with Gasteiger partial charge in [0.2, 0.25) is 0 Å². The van der Waals surface area contributed by atoms with Crippen molar-refractivity contribution in [2.24, 2.45) is 0 Å². The second-order valence-electron chi connectivity index (χ2n) is 9.14. The molecule has 0 bridgehead atoms. The molecule has 4 aromatic carbocycles. The van der Waals surface area contributed by atoms with Gasteiger partial charge in [0.15, 0.2) is 11.5 Å². The van der Waals surface area contributed by atoms with Crippen molar-refractivity contribution in [1.82, 2.24) is 0 Å². The smallest absolute Gasteiger partial charge is 0.157 e. The van der Waals surface area contributed by atoms with Gasteiger partial charge in [-0.25, -0.2) is 0 Å². The van der Waals surface area contributed by atoms with Crippen molar-refractivity contribution in [2.75, 3.05) is 19.4 Å². The van der Waals surface area contributed by atoms with Crippen LogP contribution in [0.4, 0.5) is 0 Å². The number of hydrogen-bond donors (Lipinski definition) is 2. The van der Waals surface area contributed by atoms with Crippen molar-refractivity contribution in [2.45, 2.75) is 32.1 Å². The lowest BCUT2D eigenvalue weighted by atomic mass is 10.1. The Kier molecular flexibility index (Phi) is 9.55. The molecule has 0 unspecified atom stereocenters. The van der Waals surface area contributed by atoms with E-state index in [2.05, 4.69) is 91.0 Å². The Morgan fingerprint density at radius 3 is 1.58 bits per heavy atom. The Morgan fingerprint density at radius 2 is 1.06 bits per heavy atom. The summed E-state index contributed by atoms with van der Waals surface area (Å²) in [6.45, 7) is 1.37. The van der Waals surface area contributed by atoms with Gasteiger partial charge in [0.05, 0.1) is 12.8 Å². The maximum atomic E-state index is 9.61. The van der Waals surface area contributed by atoms with Gasteiger partial charge in [-0.2, -0.15) is 0 Å². The van der Waals surface area contributed by atoms with Crippen LogP contribution < -0.4 is 15.9 Å². The standard InChI is InChI=1S/C32H35O3P/c33-31-21-20-27(26-32(31)34)22-24-35-23-12-1-2-13-25-36(28-14-6-3-7-15-28,29-16-8-4-9-17-29)30-18-10-5-11-19-30/h3-11,14-21,26H,1-2,12-13,22-25H2,(H-,33,34)/p+1. The average molecular weight is 500 g/mol. The first-order chi connectivity index (χ1) is 17.7. The van der Waals surface area contributed by atoms with Gasteiger partial charge >= 0.3 is 0 Å². The van der Waals surface area contributed by atoms with Crippen LogP contribution in [0.3, 0.4) is 0 Å². The van der Waals surface area contributed by atoms with Crippen LogP contribution in [-0.4, -0.2) is 29.6 Å². The molecule has 0 heterocycles. The van der Waals surface area contributed by atoms with Gasteiger partial charge in [-0.1, -0.05) is 67.1 Å². The molecule has 4 heteroatoms. The number of benzene rings is 4. The van der Waals surface area contributed by atoms with Gasteiger partial charge in [-0.05, 0) is 79.8 Å². The van der Waals surface area contributed by atoms with E-state index in [1.165, 1.54) is 34.8 Å². The van der Waals surface area contributed by atoms with Crippen LogP contribution in [-0.2, 0) is 11.2 Å². The molecule has 0 fully saturated rings. The van der Waals surface area contributed by atoms with E-state index in [0.717, 1.165) is 37.6 Å². The lowest BCUT2D eigenvalue weighted by Gasteiger charge is -2.27. The molecule has 0 amide bonds. The highest BCUT2D eigenvalue weighted by molar-refractivity contribution is 7.95. The highest BCUT2D eigenvalue weighted by atomic mass is 31.2. The second-order valence-corrected chi connectivity index (χ2v) is 12.8. The maximum Gasteiger partial charge on any atom is 0.157 e. The molecule has 2 N–H and O–H groups in total. The van der Waals surface area contributed by atoms with Gasteiger partial charge in [0.1, 0.15) is 23.2 Å². The third kappa shape index (κ3) is 6.55. The van der Waals surface area contributed by atoms with E-state index in [0.29, 0.717) is 6.61 Å². The minimum Gasteiger partial charge on any atom is -0.504 e. The van der Waals surface area contributed by atoms with E-state index < -0.39 is 7.26 Å². The molecule has 4 rings (SSSR count). The van der Waals surface area contributed by atoms with Crippen molar-refractivity contribution in [1.29, 1.82) is 0 Å². The summed E-state index contributed by atoms with van der Waals surface area (Å²) >= 11 is 0. The first kappa shape index (κ1) is 25.9. The highest BCUT2D eigenvalue weighted by Crippen LogP contribution is 2.55. The van der Waals surface area contributed by atoms with Crippen LogP contribution in [0.5, 0.6) is 11.5 Å². The third-order valence-corrected chi connectivity index (χ3v) is 11.2. The number of hydrogen-bond acceptors (Lipinski definition) is 3. The second kappa shape index (κ2) is 13.3. The zero-order valence-corrected chi connectivity index (χ0v) is 21.7. The van der Waals surface area contributed by atoms with Crippen molar-refractivity contribution >= 4 is 23.2 Å². The number of ether oxygens (including phenoxy) is 1. The molecule has 0 aliphatic carbocycles. The van der Waals surface area contributed by atoms with Gasteiger partial charge in [-0.3, -0.25) is 0 Å². The summed E-state index contributed by atoms with van der Waals surface area (Å²) in [4.78, 5) is 0. The van der Waals surface area contributed by atoms with Crippen molar-refractivity contribution in [3.05, 3.63) is 115 Å². The summed E-state index contributed by atoms with van der Waals surface area (Å²) in [6, 6.07) is 38.2. The molecule has 36 heavy (non-hydrogen) atoms. The topological polar surface area (TPSA) is 49.7 Å². The van der Waals surface area contributed by atoms with Gasteiger partial charge < -0.3 is 14.9 Å². The molecule has 0 radical (unpaired) electrons. The van der Waals surface area contributed by atoms with Crippen LogP contribution >= 0.6 is 7.26 Å². The fraction of sp³-hybridized carbons (Fsp3) is 0.250. The van der Waals surface area contributed by atoms with Gasteiger partial charge in [-0.15, -0.1) is 0 Å². The Bertz CT molecular complexity index is 1080. The maximum absolute atomic E-state index is 9.61. The van der Waals surface area contributed by atoms with Crippen LogP contribution in [0.1, 0.15) is 31.2 Å². The van der Waals surface area contributed by atoms with Crippen LogP contribution in [0.2, 0.25) is 0 Å². The van der Waals surface area contributed by atoms with Gasteiger partial charge in [0, 0.05) is 6.61 Å². The van der Waals surface area contributed by atoms with Crippen molar-refractivity contribution in [3.63, 3.8) is 0 Å². The Morgan fingerprint density at radius 1 is 0.528 bits per heavy atom. The molecule has 0 aromatic heterocycles. The largest absolute Gasteiger partial charge is 0.504 e. The molecule has 0 atom stereocenters. The molecule has 3 nitrogen and oxygen atoms in total. The minimum atomic E-state index is -1.73. The minimum absolute atomic E-state index is 0.0760. The number of rotatable bonds is 13. The van der Waals surface area contributed by atoms with Crippen molar-refractivity contribution in [3.8, 4) is 11.5 Å². The third-order valence-electron chi connectivity index (χ3n) is 6.70. The Balaban J connectivity index is 1.33. The fourth-order valence-corrected chi connectivity index (χ4v) is 9.22. The number of unbranched alkanes of at least 4 members (excludes halogenated alkanes) is 3. The first-order valence-corrected chi connectivity index (χ1v) is 14.8. The first-order valence-electron chi connectivity index (χ1n) is 12.8. The molecular formula is C32H36O3P+. The fourth-order valence-electron chi connectivity index (χ4n) is 4.81. The number of aromatic hydroxyl groups is 2. The number of phenols is 2. The molecule has 0 aliphatic rings. The molecule has 0 saturated heterocycles. The predicted octanol–water partition coefficient (Wildman–Crippen LogP) is 6.21. The summed E-state index contributed by atoms with van der Waals surface area (Å²) in [5, 5.41) is 23.4. The summed E-state index contributed by atoms with van der Waals surface area (Å²) in [5.74, 6) is -0.161. The van der Waals surface area contributed by atoms with E-state index in [1.54, 1.807) is 6.07 Å².